The number of hydrogen-bond acceptors (Lipinski definition) is 4. The third-order valence-electron chi connectivity index (χ3n) is 6.55. The van der Waals surface area contributed by atoms with E-state index in [0.717, 1.165) is 18.5 Å². The highest BCUT2D eigenvalue weighted by molar-refractivity contribution is 6.30. The van der Waals surface area contributed by atoms with E-state index in [9.17, 15) is 14.4 Å². The normalized spacial score (nSPS) is 17.0. The fourth-order valence-corrected chi connectivity index (χ4v) is 4.79. The molecule has 1 aromatic heterocycles. The van der Waals surface area contributed by atoms with Crippen molar-refractivity contribution in [2.24, 2.45) is 0 Å². The highest BCUT2D eigenvalue weighted by atomic mass is 35.5. The van der Waals surface area contributed by atoms with Crippen LogP contribution in [0.2, 0.25) is 5.02 Å². The lowest BCUT2D eigenvalue weighted by Gasteiger charge is -2.37. The molecule has 3 heterocycles. The Morgan fingerprint density at radius 3 is 2.56 bits per heavy atom. The molecule has 1 saturated heterocycles. The van der Waals surface area contributed by atoms with E-state index >= 15 is 0 Å². The number of carbonyl (C=O) groups excluding carboxylic acids is 3. The zero-order chi connectivity index (χ0) is 24.2. The Hall–Kier alpha value is -3.07. The molecule has 10 heteroatoms. The van der Waals surface area contributed by atoms with Crippen LogP contribution in [0.3, 0.4) is 0 Å². The Kier molecular flexibility index (Phi) is 7.41. The lowest BCUT2D eigenvalue weighted by Crippen LogP contribution is -2.53. The van der Waals surface area contributed by atoms with E-state index in [1.54, 1.807) is 35.0 Å². The van der Waals surface area contributed by atoms with Crippen molar-refractivity contribution in [3.8, 4) is 0 Å². The van der Waals surface area contributed by atoms with Gasteiger partial charge in [-0.05, 0) is 50.5 Å². The third-order valence-corrected chi connectivity index (χ3v) is 6.80. The van der Waals surface area contributed by atoms with Crippen molar-refractivity contribution in [3.63, 3.8) is 0 Å². The monoisotopic (exact) mass is 486 g/mol. The second-order valence-electron chi connectivity index (χ2n) is 8.90. The second-order valence-corrected chi connectivity index (χ2v) is 9.34. The Bertz CT molecular complexity index is 1050. The number of unbranched alkanes of at least 4 members (excludes halogenated alkanes) is 1. The van der Waals surface area contributed by atoms with Crippen LogP contribution in [0.25, 0.3) is 0 Å². The molecule has 0 bridgehead atoms. The van der Waals surface area contributed by atoms with E-state index in [1.165, 1.54) is 0 Å². The molecule has 1 atom stereocenters. The van der Waals surface area contributed by atoms with E-state index in [4.69, 9.17) is 11.6 Å². The topological polar surface area (TPSA) is 99.6 Å². The molecule has 1 unspecified atom stereocenters. The number of carbonyl (C=O) groups is 3. The van der Waals surface area contributed by atoms with Crippen LogP contribution in [0.4, 0.5) is 15.3 Å². The molecular weight excluding hydrogens is 456 g/mol. The largest absolute Gasteiger partial charge is 0.341 e. The minimum absolute atomic E-state index is 0.0314. The van der Waals surface area contributed by atoms with Gasteiger partial charge in [0.25, 0.3) is 0 Å². The molecular formula is C24H31ClN6O3. The molecule has 0 saturated carbocycles. The number of halogens is 1. The Morgan fingerprint density at radius 1 is 1.21 bits per heavy atom. The predicted molar refractivity (Wildman–Crippen MR) is 130 cm³/mol. The van der Waals surface area contributed by atoms with Gasteiger partial charge in [0.2, 0.25) is 5.91 Å². The molecule has 4 amide bonds. The van der Waals surface area contributed by atoms with Gasteiger partial charge in [-0.2, -0.15) is 0 Å². The van der Waals surface area contributed by atoms with Crippen LogP contribution in [-0.4, -0.2) is 62.5 Å². The van der Waals surface area contributed by atoms with Crippen molar-refractivity contribution >= 4 is 35.3 Å². The number of anilines is 1. The van der Waals surface area contributed by atoms with Crippen molar-refractivity contribution in [3.05, 3.63) is 47.0 Å². The van der Waals surface area contributed by atoms with Crippen LogP contribution in [0, 0.1) is 6.92 Å². The highest BCUT2D eigenvalue weighted by Crippen LogP contribution is 2.26. The Labute approximate surface area is 204 Å². The molecule has 2 N–H and O–H groups in total. The number of nitrogens with one attached hydrogen (secondary N) is 2. The number of benzene rings is 1. The highest BCUT2D eigenvalue weighted by Gasteiger charge is 2.37. The van der Waals surface area contributed by atoms with Gasteiger partial charge in [0.1, 0.15) is 11.9 Å². The van der Waals surface area contributed by atoms with Crippen molar-refractivity contribution in [1.82, 2.24) is 24.7 Å². The first-order valence-corrected chi connectivity index (χ1v) is 12.2. The zero-order valence-electron chi connectivity index (χ0n) is 19.6. The number of fused-ring (bicyclic) bond motifs is 1. The van der Waals surface area contributed by atoms with Crippen LogP contribution in [0.5, 0.6) is 0 Å². The summed E-state index contributed by atoms with van der Waals surface area (Å²) in [6.07, 6.45) is 5.53. The first kappa shape index (κ1) is 24.1. The number of rotatable bonds is 7. The Balaban J connectivity index is 1.33. The SMILES string of the molecule is CCCCC(NC(=O)Nc1ccc(Cl)cc1)C(=O)N1CCC(N2Cc3cnc(C)n3C2=O)CC1. The average molecular weight is 487 g/mol. The molecule has 2 aromatic rings. The average Bonchev–Trinajstić information content (AvgIpc) is 3.37. The molecule has 1 fully saturated rings. The number of aryl methyl sites for hydroxylation is 1. The van der Waals surface area contributed by atoms with Gasteiger partial charge in [-0.3, -0.25) is 9.36 Å². The number of piperidine rings is 1. The van der Waals surface area contributed by atoms with Crippen LogP contribution in [-0.2, 0) is 11.3 Å². The summed E-state index contributed by atoms with van der Waals surface area (Å²) in [4.78, 5) is 46.6. The van der Waals surface area contributed by atoms with Crippen LogP contribution >= 0.6 is 11.6 Å². The quantitative estimate of drug-likeness (QED) is 0.617. The number of amides is 4. The summed E-state index contributed by atoms with van der Waals surface area (Å²) in [6, 6.07) is 5.86. The number of hydrogen-bond donors (Lipinski definition) is 2. The fraction of sp³-hybridized carbons (Fsp3) is 0.500. The van der Waals surface area contributed by atoms with Crippen LogP contribution < -0.4 is 10.6 Å². The fourth-order valence-electron chi connectivity index (χ4n) is 4.66. The van der Waals surface area contributed by atoms with E-state index in [-0.39, 0.29) is 18.0 Å². The minimum Gasteiger partial charge on any atom is -0.341 e. The van der Waals surface area contributed by atoms with E-state index < -0.39 is 12.1 Å². The van der Waals surface area contributed by atoms with Gasteiger partial charge in [0.05, 0.1) is 18.4 Å². The van der Waals surface area contributed by atoms with Gasteiger partial charge >= 0.3 is 12.1 Å². The molecule has 0 spiro atoms. The van der Waals surface area contributed by atoms with Gasteiger partial charge in [0.15, 0.2) is 0 Å². The first-order valence-electron chi connectivity index (χ1n) is 11.8. The maximum Gasteiger partial charge on any atom is 0.330 e. The molecule has 9 nitrogen and oxygen atoms in total. The summed E-state index contributed by atoms with van der Waals surface area (Å²) < 4.78 is 1.67. The summed E-state index contributed by atoms with van der Waals surface area (Å²) in [5.41, 5.74) is 1.52. The van der Waals surface area contributed by atoms with Crippen molar-refractivity contribution in [2.45, 2.75) is 64.6 Å². The lowest BCUT2D eigenvalue weighted by molar-refractivity contribution is -0.134. The summed E-state index contributed by atoms with van der Waals surface area (Å²) in [7, 11) is 0. The number of nitrogens with zero attached hydrogens (tertiary/aromatic N) is 4. The van der Waals surface area contributed by atoms with Gasteiger partial charge in [-0.15, -0.1) is 0 Å². The van der Waals surface area contributed by atoms with Gasteiger partial charge < -0.3 is 20.4 Å². The maximum atomic E-state index is 13.3. The third kappa shape index (κ3) is 5.19. The van der Waals surface area contributed by atoms with Gasteiger partial charge in [0, 0.05) is 29.8 Å². The molecule has 2 aliphatic heterocycles. The van der Waals surface area contributed by atoms with E-state index in [1.807, 2.05) is 16.7 Å². The van der Waals surface area contributed by atoms with Crippen LogP contribution in [0.1, 0.15) is 50.5 Å². The standard InChI is InChI=1S/C24H31ClN6O3/c1-3-4-5-21(28-23(33)27-18-8-6-17(25)7-9-18)22(32)29-12-10-19(11-13-29)30-15-20-14-26-16(2)31(20)24(30)34/h6-9,14,19,21H,3-5,10-13,15H2,1-2H3,(H2,27,28,33). The van der Waals surface area contributed by atoms with Crippen molar-refractivity contribution in [1.29, 1.82) is 0 Å². The summed E-state index contributed by atoms with van der Waals surface area (Å²) in [5.74, 6) is 0.633. The second kappa shape index (κ2) is 10.5. The smallest absolute Gasteiger partial charge is 0.330 e. The van der Waals surface area contributed by atoms with Gasteiger partial charge in [-0.1, -0.05) is 31.4 Å². The Morgan fingerprint density at radius 2 is 1.91 bits per heavy atom. The molecule has 34 heavy (non-hydrogen) atoms. The maximum absolute atomic E-state index is 13.3. The molecule has 182 valence electrons. The molecule has 1 aromatic carbocycles. The minimum atomic E-state index is -0.591. The van der Waals surface area contributed by atoms with Gasteiger partial charge in [-0.25, -0.2) is 14.6 Å². The summed E-state index contributed by atoms with van der Waals surface area (Å²) in [6.45, 7) is 5.56. The van der Waals surface area contributed by atoms with Crippen molar-refractivity contribution in [2.75, 3.05) is 18.4 Å². The van der Waals surface area contributed by atoms with E-state index in [0.29, 0.717) is 55.4 Å². The van der Waals surface area contributed by atoms with E-state index in [2.05, 4.69) is 22.5 Å². The molecule has 0 aliphatic carbocycles. The first-order chi connectivity index (χ1) is 16.4. The number of urea groups is 1. The van der Waals surface area contributed by atoms with Crippen molar-refractivity contribution < 1.29 is 14.4 Å². The predicted octanol–water partition coefficient (Wildman–Crippen LogP) is 4.00. The number of likely N-dealkylation sites (tertiary alicyclic amines) is 1. The number of imidazole rings is 1. The zero-order valence-corrected chi connectivity index (χ0v) is 20.3. The van der Waals surface area contributed by atoms with Crippen LogP contribution in [0.15, 0.2) is 30.5 Å². The number of aromatic nitrogens is 2. The molecule has 2 aliphatic rings. The lowest BCUT2D eigenvalue weighted by atomic mass is 10.0. The molecule has 0 radical (unpaired) electrons. The summed E-state index contributed by atoms with van der Waals surface area (Å²) in [5, 5.41) is 6.20. The summed E-state index contributed by atoms with van der Waals surface area (Å²) >= 11 is 5.90. The molecule has 4 rings (SSSR count).